The molecule has 2 nitrogen and oxygen atoms in total. The summed E-state index contributed by atoms with van der Waals surface area (Å²) in [6.45, 7) is 0. The van der Waals surface area contributed by atoms with Gasteiger partial charge < -0.3 is 10.1 Å². The first-order chi connectivity index (χ1) is 7.79. The maximum absolute atomic E-state index is 5.45. The second-order valence-corrected chi connectivity index (χ2v) is 5.03. The van der Waals surface area contributed by atoms with Crippen LogP contribution in [0.4, 0.5) is 5.69 Å². The molecule has 3 rings (SSSR count). The number of hydrogen-bond acceptors (Lipinski definition) is 2. The summed E-state index contributed by atoms with van der Waals surface area (Å²) in [7, 11) is 1.70. The van der Waals surface area contributed by atoms with E-state index in [-0.39, 0.29) is 0 Å². The van der Waals surface area contributed by atoms with Crippen LogP contribution >= 0.6 is 12.2 Å². The van der Waals surface area contributed by atoms with Crippen molar-refractivity contribution in [2.75, 3.05) is 12.4 Å². The summed E-state index contributed by atoms with van der Waals surface area (Å²) < 4.78 is 5.24. The fourth-order valence-electron chi connectivity index (χ4n) is 2.97. The molecule has 1 aromatic rings. The lowest BCUT2D eigenvalue weighted by atomic mass is 9.84. The molecule has 3 heteroatoms. The van der Waals surface area contributed by atoms with Crippen molar-refractivity contribution in [1.82, 2.24) is 0 Å². The average Bonchev–Trinajstić information content (AvgIpc) is 2.78. The predicted octanol–water partition coefficient (Wildman–Crippen LogP) is 3.33. The minimum absolute atomic E-state index is 0.566. The van der Waals surface area contributed by atoms with Crippen LogP contribution in [0.2, 0.25) is 0 Å². The van der Waals surface area contributed by atoms with Crippen molar-refractivity contribution in [3.8, 4) is 5.75 Å². The third-order valence-corrected chi connectivity index (χ3v) is 4.18. The molecule has 1 saturated carbocycles. The van der Waals surface area contributed by atoms with E-state index in [1.165, 1.54) is 24.8 Å². The number of anilines is 1. The van der Waals surface area contributed by atoms with Crippen LogP contribution in [0.5, 0.6) is 5.75 Å². The molecule has 0 radical (unpaired) electrons. The number of rotatable bonds is 1. The van der Waals surface area contributed by atoms with Crippen molar-refractivity contribution in [2.24, 2.45) is 5.92 Å². The molecule has 16 heavy (non-hydrogen) atoms. The molecular formula is C13H15NOS. The van der Waals surface area contributed by atoms with Crippen LogP contribution in [0, 0.1) is 5.92 Å². The van der Waals surface area contributed by atoms with E-state index >= 15 is 0 Å². The van der Waals surface area contributed by atoms with Gasteiger partial charge in [-0.2, -0.15) is 0 Å². The molecule has 1 N–H and O–H groups in total. The Kier molecular flexibility index (Phi) is 2.36. The predicted molar refractivity (Wildman–Crippen MR) is 69.3 cm³/mol. The number of nitrogens with one attached hydrogen (secondary N) is 1. The van der Waals surface area contributed by atoms with Crippen LogP contribution in [0.15, 0.2) is 18.2 Å². The van der Waals surface area contributed by atoms with Gasteiger partial charge >= 0.3 is 0 Å². The van der Waals surface area contributed by atoms with E-state index in [2.05, 4.69) is 17.4 Å². The highest BCUT2D eigenvalue weighted by atomic mass is 32.1. The number of methoxy groups -OCH3 is 1. The Balaban J connectivity index is 2.06. The minimum atomic E-state index is 0.566. The number of fused-ring (bicyclic) bond motifs is 3. The average molecular weight is 233 g/mol. The first-order valence-electron chi connectivity index (χ1n) is 5.78. The Bertz CT molecular complexity index is 444. The van der Waals surface area contributed by atoms with Crippen LogP contribution in [0.3, 0.4) is 0 Å². The Labute approximate surface area is 101 Å². The topological polar surface area (TPSA) is 21.3 Å². The Morgan fingerprint density at radius 3 is 2.94 bits per heavy atom. The molecule has 1 heterocycles. The molecule has 2 atom stereocenters. The monoisotopic (exact) mass is 233 g/mol. The fourth-order valence-corrected chi connectivity index (χ4v) is 3.36. The van der Waals surface area contributed by atoms with Crippen LogP contribution < -0.4 is 10.1 Å². The lowest BCUT2D eigenvalue weighted by molar-refractivity contribution is 0.414. The van der Waals surface area contributed by atoms with Gasteiger partial charge in [-0.15, -0.1) is 0 Å². The normalized spacial score (nSPS) is 26.9. The van der Waals surface area contributed by atoms with Gasteiger partial charge in [-0.3, -0.25) is 0 Å². The van der Waals surface area contributed by atoms with Crippen LogP contribution in [-0.4, -0.2) is 12.1 Å². The third kappa shape index (κ3) is 1.42. The van der Waals surface area contributed by atoms with Crippen molar-refractivity contribution in [2.45, 2.75) is 25.2 Å². The van der Waals surface area contributed by atoms with Gasteiger partial charge in [0.25, 0.3) is 0 Å². The molecule has 0 bridgehead atoms. The van der Waals surface area contributed by atoms with Gasteiger partial charge in [-0.25, -0.2) is 0 Å². The summed E-state index contributed by atoms with van der Waals surface area (Å²) in [5.41, 5.74) is 2.56. The summed E-state index contributed by atoms with van der Waals surface area (Å²) in [6, 6.07) is 6.28. The number of benzene rings is 1. The zero-order valence-electron chi connectivity index (χ0n) is 9.32. The van der Waals surface area contributed by atoms with Gasteiger partial charge in [-0.1, -0.05) is 24.7 Å². The molecular weight excluding hydrogens is 218 g/mol. The summed E-state index contributed by atoms with van der Waals surface area (Å²) in [4.78, 5) is 1.02. The molecule has 0 amide bonds. The van der Waals surface area contributed by atoms with Crippen LogP contribution in [0.25, 0.3) is 0 Å². The highest BCUT2D eigenvalue weighted by Crippen LogP contribution is 2.47. The van der Waals surface area contributed by atoms with E-state index in [0.29, 0.717) is 11.8 Å². The number of hydrogen-bond donors (Lipinski definition) is 1. The van der Waals surface area contributed by atoms with Gasteiger partial charge in [0.2, 0.25) is 0 Å². The second-order valence-electron chi connectivity index (χ2n) is 4.59. The fraction of sp³-hybridized carbons (Fsp3) is 0.462. The summed E-state index contributed by atoms with van der Waals surface area (Å²) in [5.74, 6) is 2.09. The van der Waals surface area contributed by atoms with Crippen molar-refractivity contribution in [3.63, 3.8) is 0 Å². The highest BCUT2D eigenvalue weighted by molar-refractivity contribution is 7.80. The zero-order chi connectivity index (χ0) is 11.1. The number of ether oxygens (including phenoxy) is 1. The van der Waals surface area contributed by atoms with E-state index in [0.717, 1.165) is 16.4 Å². The van der Waals surface area contributed by atoms with Gasteiger partial charge in [-0.05, 0) is 30.4 Å². The van der Waals surface area contributed by atoms with E-state index in [1.807, 2.05) is 6.07 Å². The molecule has 1 aromatic carbocycles. The minimum Gasteiger partial charge on any atom is -0.497 e. The molecule has 0 aromatic heterocycles. The standard InChI is InChI=1S/C13H15NOS/c1-15-8-5-6-10-9-3-2-4-11(9)13(16)14-12(10)7-8/h5-7,9,11H,2-4H2,1H3,(H,14,16). The maximum atomic E-state index is 5.45. The zero-order valence-corrected chi connectivity index (χ0v) is 10.1. The summed E-state index contributed by atoms with van der Waals surface area (Å²) in [5, 5.41) is 3.36. The SMILES string of the molecule is COc1ccc2c(c1)NC(=S)C1CCCC21. The van der Waals surface area contributed by atoms with Crippen LogP contribution in [-0.2, 0) is 0 Å². The van der Waals surface area contributed by atoms with Crippen LogP contribution in [0.1, 0.15) is 30.7 Å². The van der Waals surface area contributed by atoms with E-state index in [4.69, 9.17) is 17.0 Å². The molecule has 84 valence electrons. The Hall–Kier alpha value is -1.09. The van der Waals surface area contributed by atoms with Crippen molar-refractivity contribution >= 4 is 22.9 Å². The Morgan fingerprint density at radius 2 is 2.12 bits per heavy atom. The van der Waals surface area contributed by atoms with Crippen molar-refractivity contribution in [3.05, 3.63) is 23.8 Å². The molecule has 0 spiro atoms. The van der Waals surface area contributed by atoms with Crippen molar-refractivity contribution in [1.29, 1.82) is 0 Å². The molecule has 2 aliphatic rings. The largest absolute Gasteiger partial charge is 0.497 e. The molecule has 1 aliphatic heterocycles. The highest BCUT2D eigenvalue weighted by Gasteiger charge is 2.36. The Morgan fingerprint density at radius 1 is 1.31 bits per heavy atom. The molecule has 1 fully saturated rings. The summed E-state index contributed by atoms with van der Waals surface area (Å²) in [6.07, 6.45) is 3.80. The lowest BCUT2D eigenvalue weighted by Gasteiger charge is -2.30. The van der Waals surface area contributed by atoms with Gasteiger partial charge in [0, 0.05) is 17.7 Å². The smallest absolute Gasteiger partial charge is 0.120 e. The lowest BCUT2D eigenvalue weighted by Crippen LogP contribution is -2.28. The van der Waals surface area contributed by atoms with E-state index < -0.39 is 0 Å². The van der Waals surface area contributed by atoms with E-state index in [9.17, 15) is 0 Å². The van der Waals surface area contributed by atoms with Gasteiger partial charge in [0.15, 0.2) is 0 Å². The quantitative estimate of drug-likeness (QED) is 0.752. The number of thiocarbonyl (C=S) groups is 1. The molecule has 0 saturated heterocycles. The third-order valence-electron chi connectivity index (χ3n) is 3.77. The second kappa shape index (κ2) is 3.74. The maximum Gasteiger partial charge on any atom is 0.120 e. The first-order valence-corrected chi connectivity index (χ1v) is 6.19. The van der Waals surface area contributed by atoms with Gasteiger partial charge in [0.05, 0.1) is 12.1 Å². The first kappa shape index (κ1) is 10.1. The van der Waals surface area contributed by atoms with Gasteiger partial charge in [0.1, 0.15) is 5.75 Å². The summed E-state index contributed by atoms with van der Waals surface area (Å²) >= 11 is 5.45. The van der Waals surface area contributed by atoms with E-state index in [1.54, 1.807) is 7.11 Å². The van der Waals surface area contributed by atoms with Crippen molar-refractivity contribution < 1.29 is 4.74 Å². The molecule has 1 aliphatic carbocycles. The molecule has 2 unspecified atom stereocenters.